The fourth-order valence-corrected chi connectivity index (χ4v) is 6.58. The van der Waals surface area contributed by atoms with Gasteiger partial charge in [0.25, 0.3) is 11.8 Å². The van der Waals surface area contributed by atoms with E-state index in [9.17, 15) is 14.4 Å². The number of aryl methyl sites for hydroxylation is 2. The van der Waals surface area contributed by atoms with Gasteiger partial charge in [0.15, 0.2) is 6.61 Å². The van der Waals surface area contributed by atoms with Crippen molar-refractivity contribution in [2.45, 2.75) is 51.9 Å². The third-order valence-corrected chi connectivity index (χ3v) is 8.14. The number of carbonyl (C=O) groups is 3. The number of anilines is 1. The van der Waals surface area contributed by atoms with Crippen LogP contribution in [-0.4, -0.2) is 24.4 Å². The van der Waals surface area contributed by atoms with Crippen LogP contribution in [0.15, 0.2) is 6.07 Å². The molecule has 8 heteroatoms. The number of hydrogen-bond donors (Lipinski definition) is 2. The lowest BCUT2D eigenvalue weighted by Gasteiger charge is -2.19. The molecule has 0 radical (unpaired) electrons. The minimum atomic E-state index is -0.536. The molecule has 0 bridgehead atoms. The number of primary amides is 1. The Balaban J connectivity index is 1.37. The summed E-state index contributed by atoms with van der Waals surface area (Å²) in [7, 11) is 0. The van der Waals surface area contributed by atoms with Gasteiger partial charge in [-0.3, -0.25) is 9.59 Å². The Morgan fingerprint density at radius 1 is 1.21 bits per heavy atom. The third-order valence-electron chi connectivity index (χ3n) is 5.72. The van der Waals surface area contributed by atoms with Gasteiger partial charge < -0.3 is 15.8 Å². The molecule has 4 rings (SSSR count). The normalized spacial score (nSPS) is 17.5. The molecule has 0 spiro atoms. The molecule has 0 fully saturated rings. The fourth-order valence-electron chi connectivity index (χ4n) is 4.17. The number of fused-ring (bicyclic) bond motifs is 2. The summed E-state index contributed by atoms with van der Waals surface area (Å²) in [4.78, 5) is 39.4. The number of ether oxygens (including phenoxy) is 1. The van der Waals surface area contributed by atoms with Crippen molar-refractivity contribution in [3.05, 3.63) is 37.4 Å². The van der Waals surface area contributed by atoms with Crippen LogP contribution in [0.4, 0.5) is 5.00 Å². The van der Waals surface area contributed by atoms with Gasteiger partial charge in [-0.15, -0.1) is 22.7 Å². The molecular weight excluding hydrogens is 408 g/mol. The van der Waals surface area contributed by atoms with Crippen LogP contribution < -0.4 is 11.1 Å². The molecule has 29 heavy (non-hydrogen) atoms. The first-order valence-electron chi connectivity index (χ1n) is 9.99. The molecule has 0 saturated carbocycles. The van der Waals surface area contributed by atoms with E-state index >= 15 is 0 Å². The van der Waals surface area contributed by atoms with Crippen molar-refractivity contribution in [1.82, 2.24) is 0 Å². The summed E-state index contributed by atoms with van der Waals surface area (Å²) in [5, 5.41) is 3.15. The molecule has 0 aliphatic heterocycles. The molecule has 2 aliphatic rings. The lowest BCUT2D eigenvalue weighted by atomic mass is 9.87. The summed E-state index contributed by atoms with van der Waals surface area (Å²) in [6.07, 6.45) is 7.02. The Hall–Kier alpha value is -2.19. The van der Waals surface area contributed by atoms with Crippen molar-refractivity contribution in [3.8, 4) is 0 Å². The molecule has 2 aromatic heterocycles. The minimum absolute atomic E-state index is 0.389. The largest absolute Gasteiger partial charge is 0.451 e. The molecule has 0 aromatic carbocycles. The van der Waals surface area contributed by atoms with Gasteiger partial charge in [0.05, 0.1) is 5.56 Å². The zero-order chi connectivity index (χ0) is 20.5. The first-order valence-corrected chi connectivity index (χ1v) is 11.6. The predicted octanol–water partition coefficient (Wildman–Crippen LogP) is 3.71. The SMILES string of the molecule is CCC1CCc2sc(C(=O)OCC(=O)Nc3sc4c(c3C(N)=O)CCC4)cc2C1. The van der Waals surface area contributed by atoms with Gasteiger partial charge in [0.1, 0.15) is 9.88 Å². The van der Waals surface area contributed by atoms with Gasteiger partial charge in [0.2, 0.25) is 0 Å². The van der Waals surface area contributed by atoms with E-state index in [4.69, 9.17) is 10.5 Å². The Morgan fingerprint density at radius 2 is 2.03 bits per heavy atom. The van der Waals surface area contributed by atoms with E-state index in [0.717, 1.165) is 55.4 Å². The first kappa shape index (κ1) is 20.1. The number of esters is 1. The zero-order valence-electron chi connectivity index (χ0n) is 16.3. The smallest absolute Gasteiger partial charge is 0.348 e. The molecule has 1 atom stereocenters. The average Bonchev–Trinajstić information content (AvgIpc) is 3.38. The summed E-state index contributed by atoms with van der Waals surface area (Å²) >= 11 is 2.85. The maximum Gasteiger partial charge on any atom is 0.348 e. The van der Waals surface area contributed by atoms with Gasteiger partial charge >= 0.3 is 5.97 Å². The quantitative estimate of drug-likeness (QED) is 0.680. The summed E-state index contributed by atoms with van der Waals surface area (Å²) < 4.78 is 5.22. The second kappa shape index (κ2) is 8.28. The van der Waals surface area contributed by atoms with Crippen molar-refractivity contribution in [1.29, 1.82) is 0 Å². The van der Waals surface area contributed by atoms with E-state index in [2.05, 4.69) is 12.2 Å². The first-order chi connectivity index (χ1) is 14.0. The van der Waals surface area contributed by atoms with Crippen molar-refractivity contribution >= 4 is 45.5 Å². The maximum atomic E-state index is 12.4. The van der Waals surface area contributed by atoms with E-state index in [1.807, 2.05) is 6.07 Å². The second-order valence-electron chi connectivity index (χ2n) is 7.63. The van der Waals surface area contributed by atoms with E-state index in [1.165, 1.54) is 33.1 Å². The van der Waals surface area contributed by atoms with Gasteiger partial charge in [0, 0.05) is 9.75 Å². The molecule has 6 nitrogen and oxygen atoms in total. The molecule has 2 heterocycles. The van der Waals surface area contributed by atoms with Crippen molar-refractivity contribution in [2.75, 3.05) is 11.9 Å². The molecule has 3 N–H and O–H groups in total. The van der Waals surface area contributed by atoms with Crippen molar-refractivity contribution < 1.29 is 19.1 Å². The summed E-state index contributed by atoms with van der Waals surface area (Å²) in [5.41, 5.74) is 8.10. The van der Waals surface area contributed by atoms with Gasteiger partial charge in [-0.1, -0.05) is 13.3 Å². The molecular formula is C21H24N2O4S2. The van der Waals surface area contributed by atoms with E-state index in [1.54, 1.807) is 0 Å². The van der Waals surface area contributed by atoms with Gasteiger partial charge in [-0.2, -0.15) is 0 Å². The number of hydrogen-bond acceptors (Lipinski definition) is 6. The lowest BCUT2D eigenvalue weighted by Crippen LogP contribution is -2.22. The molecule has 0 saturated heterocycles. The van der Waals surface area contributed by atoms with E-state index in [0.29, 0.717) is 21.4 Å². The van der Waals surface area contributed by atoms with Crippen molar-refractivity contribution in [2.24, 2.45) is 11.7 Å². The van der Waals surface area contributed by atoms with Crippen LogP contribution in [0.1, 0.15) is 67.1 Å². The Labute approximate surface area is 177 Å². The highest BCUT2D eigenvalue weighted by Gasteiger charge is 2.27. The van der Waals surface area contributed by atoms with Crippen LogP contribution in [0.5, 0.6) is 0 Å². The number of thiophene rings is 2. The van der Waals surface area contributed by atoms with Crippen LogP contribution in [0, 0.1) is 5.92 Å². The van der Waals surface area contributed by atoms with Crippen LogP contribution in [0.3, 0.4) is 0 Å². The molecule has 154 valence electrons. The summed E-state index contributed by atoms with van der Waals surface area (Å²) in [5.74, 6) is -0.797. The van der Waals surface area contributed by atoms with E-state index in [-0.39, 0.29) is 6.61 Å². The lowest BCUT2D eigenvalue weighted by molar-refractivity contribution is -0.119. The number of carbonyl (C=O) groups excluding carboxylic acids is 3. The molecule has 2 aromatic rings. The Morgan fingerprint density at radius 3 is 2.79 bits per heavy atom. The molecule has 1 unspecified atom stereocenters. The highest BCUT2D eigenvalue weighted by Crippen LogP contribution is 2.39. The number of nitrogens with one attached hydrogen (secondary N) is 1. The molecule has 2 amide bonds. The summed E-state index contributed by atoms with van der Waals surface area (Å²) in [6, 6.07) is 1.91. The zero-order valence-corrected chi connectivity index (χ0v) is 18.0. The Kier molecular flexibility index (Phi) is 5.74. The van der Waals surface area contributed by atoms with Crippen LogP contribution in [-0.2, 0) is 35.2 Å². The highest BCUT2D eigenvalue weighted by molar-refractivity contribution is 7.17. The second-order valence-corrected chi connectivity index (χ2v) is 9.87. The maximum absolute atomic E-state index is 12.4. The van der Waals surface area contributed by atoms with Crippen LogP contribution in [0.25, 0.3) is 0 Å². The highest BCUT2D eigenvalue weighted by atomic mass is 32.1. The number of nitrogens with two attached hydrogens (primary N) is 1. The average molecular weight is 433 g/mol. The topological polar surface area (TPSA) is 98.5 Å². The van der Waals surface area contributed by atoms with Gasteiger partial charge in [-0.05, 0) is 61.6 Å². The minimum Gasteiger partial charge on any atom is -0.451 e. The number of rotatable bonds is 6. The fraction of sp³-hybridized carbons (Fsp3) is 0.476. The Bertz CT molecular complexity index is 976. The number of amides is 2. The van der Waals surface area contributed by atoms with Gasteiger partial charge in [-0.25, -0.2) is 4.79 Å². The van der Waals surface area contributed by atoms with Crippen molar-refractivity contribution in [3.63, 3.8) is 0 Å². The monoisotopic (exact) mass is 432 g/mol. The predicted molar refractivity (Wildman–Crippen MR) is 114 cm³/mol. The van der Waals surface area contributed by atoms with E-state index < -0.39 is 17.8 Å². The standard InChI is InChI=1S/C21H24N2O4S2/c1-2-11-6-7-14-12(8-11)9-16(28-14)21(26)27-10-17(24)23-20-18(19(22)25)13-4-3-5-15(13)29-20/h9,11H,2-8,10H2,1H3,(H2,22,25)(H,23,24). The summed E-state index contributed by atoms with van der Waals surface area (Å²) in [6.45, 7) is 1.81. The van der Waals surface area contributed by atoms with Crippen LogP contribution >= 0.6 is 22.7 Å². The third kappa shape index (κ3) is 4.09. The molecule has 2 aliphatic carbocycles. The van der Waals surface area contributed by atoms with Crippen LogP contribution in [0.2, 0.25) is 0 Å².